The zero-order chi connectivity index (χ0) is 13.8. The van der Waals surface area contributed by atoms with Crippen LogP contribution < -0.4 is 10.1 Å². The highest BCUT2D eigenvalue weighted by molar-refractivity contribution is 5.48. The third-order valence-corrected chi connectivity index (χ3v) is 3.50. The molecule has 2 nitrogen and oxygen atoms in total. The summed E-state index contributed by atoms with van der Waals surface area (Å²) in [5, 5.41) is 3.50. The Morgan fingerprint density at radius 3 is 2.21 bits per heavy atom. The van der Waals surface area contributed by atoms with Gasteiger partial charge in [-0.15, -0.1) is 0 Å². The number of nitrogens with one attached hydrogen (secondary N) is 1. The first kappa shape index (κ1) is 13.5. The summed E-state index contributed by atoms with van der Waals surface area (Å²) in [7, 11) is 1.68. The maximum Gasteiger partial charge on any atom is 0.119 e. The zero-order valence-electron chi connectivity index (χ0n) is 12.0. The summed E-state index contributed by atoms with van der Waals surface area (Å²) < 4.78 is 5.16. The molecule has 2 rings (SSSR count). The van der Waals surface area contributed by atoms with Gasteiger partial charge in [-0.05, 0) is 61.7 Å². The zero-order valence-corrected chi connectivity index (χ0v) is 12.0. The van der Waals surface area contributed by atoms with E-state index >= 15 is 0 Å². The van der Waals surface area contributed by atoms with Gasteiger partial charge in [0.1, 0.15) is 5.75 Å². The molecule has 0 fully saturated rings. The van der Waals surface area contributed by atoms with E-state index in [9.17, 15) is 0 Å². The lowest BCUT2D eigenvalue weighted by atomic mass is 10.0. The van der Waals surface area contributed by atoms with Crippen molar-refractivity contribution in [3.05, 3.63) is 59.2 Å². The summed E-state index contributed by atoms with van der Waals surface area (Å²) in [6.45, 7) is 6.47. The van der Waals surface area contributed by atoms with Gasteiger partial charge in [-0.25, -0.2) is 0 Å². The molecule has 1 atom stereocenters. The predicted molar refractivity (Wildman–Crippen MR) is 80.9 cm³/mol. The quantitative estimate of drug-likeness (QED) is 0.869. The second-order valence-electron chi connectivity index (χ2n) is 4.94. The van der Waals surface area contributed by atoms with Gasteiger partial charge >= 0.3 is 0 Å². The minimum atomic E-state index is 0.285. The van der Waals surface area contributed by atoms with E-state index in [4.69, 9.17) is 4.74 Å². The Labute approximate surface area is 115 Å². The van der Waals surface area contributed by atoms with E-state index < -0.39 is 0 Å². The molecule has 0 amide bonds. The van der Waals surface area contributed by atoms with E-state index in [1.165, 1.54) is 16.7 Å². The molecule has 0 spiro atoms. The summed E-state index contributed by atoms with van der Waals surface area (Å²) in [5.41, 5.74) is 5.08. The standard InChI is InChI=1S/C17H21NO/c1-12-5-6-15(11-13(12)2)14(3)18-16-7-9-17(19-4)10-8-16/h5-11,14,18H,1-4H3. The minimum absolute atomic E-state index is 0.285. The molecule has 0 radical (unpaired) electrons. The van der Waals surface area contributed by atoms with Crippen molar-refractivity contribution >= 4 is 5.69 Å². The average molecular weight is 255 g/mol. The lowest BCUT2D eigenvalue weighted by Gasteiger charge is -2.17. The molecule has 0 heterocycles. The second kappa shape index (κ2) is 5.79. The van der Waals surface area contributed by atoms with Crippen LogP contribution in [0.5, 0.6) is 5.75 Å². The van der Waals surface area contributed by atoms with Crippen LogP contribution in [0, 0.1) is 13.8 Å². The monoisotopic (exact) mass is 255 g/mol. The van der Waals surface area contributed by atoms with Gasteiger partial charge in [0.25, 0.3) is 0 Å². The van der Waals surface area contributed by atoms with E-state index in [1.54, 1.807) is 7.11 Å². The fourth-order valence-corrected chi connectivity index (χ4v) is 2.05. The first-order chi connectivity index (χ1) is 9.10. The maximum atomic E-state index is 5.16. The SMILES string of the molecule is COc1ccc(NC(C)c2ccc(C)c(C)c2)cc1. The number of methoxy groups -OCH3 is 1. The molecule has 0 aliphatic carbocycles. The van der Waals surface area contributed by atoms with Crippen LogP contribution in [0.3, 0.4) is 0 Å². The molecule has 0 aromatic heterocycles. The van der Waals surface area contributed by atoms with Gasteiger partial charge in [-0.1, -0.05) is 18.2 Å². The molecule has 2 aromatic carbocycles. The molecule has 0 aliphatic heterocycles. The molecule has 100 valence electrons. The third-order valence-electron chi connectivity index (χ3n) is 3.50. The predicted octanol–water partition coefficient (Wildman–Crippen LogP) is 4.49. The van der Waals surface area contributed by atoms with Crippen molar-refractivity contribution in [1.82, 2.24) is 0 Å². The van der Waals surface area contributed by atoms with Gasteiger partial charge in [-0.3, -0.25) is 0 Å². The van der Waals surface area contributed by atoms with Crippen LogP contribution in [0.1, 0.15) is 29.7 Å². The van der Waals surface area contributed by atoms with Crippen LogP contribution in [0.4, 0.5) is 5.69 Å². The van der Waals surface area contributed by atoms with Crippen molar-refractivity contribution in [1.29, 1.82) is 0 Å². The van der Waals surface area contributed by atoms with E-state index in [2.05, 4.69) is 44.3 Å². The third kappa shape index (κ3) is 3.28. The largest absolute Gasteiger partial charge is 0.497 e. The van der Waals surface area contributed by atoms with E-state index in [-0.39, 0.29) is 6.04 Å². The first-order valence-electron chi connectivity index (χ1n) is 6.58. The summed E-state index contributed by atoms with van der Waals surface area (Å²) in [6.07, 6.45) is 0. The maximum absolute atomic E-state index is 5.16. The highest BCUT2D eigenvalue weighted by atomic mass is 16.5. The second-order valence-corrected chi connectivity index (χ2v) is 4.94. The van der Waals surface area contributed by atoms with Gasteiger partial charge in [0, 0.05) is 11.7 Å². The Bertz CT molecular complexity index is 546. The molecular weight excluding hydrogens is 234 g/mol. The Morgan fingerprint density at radius 2 is 1.63 bits per heavy atom. The molecular formula is C17H21NO. The summed E-state index contributed by atoms with van der Waals surface area (Å²) in [5.74, 6) is 0.879. The van der Waals surface area contributed by atoms with Gasteiger partial charge in [0.2, 0.25) is 0 Å². The van der Waals surface area contributed by atoms with Gasteiger partial charge in [-0.2, -0.15) is 0 Å². The van der Waals surface area contributed by atoms with Crippen molar-refractivity contribution in [2.75, 3.05) is 12.4 Å². The fourth-order valence-electron chi connectivity index (χ4n) is 2.05. The summed E-state index contributed by atoms with van der Waals surface area (Å²) in [4.78, 5) is 0. The van der Waals surface area contributed by atoms with Crippen molar-refractivity contribution in [3.63, 3.8) is 0 Å². The van der Waals surface area contributed by atoms with Crippen molar-refractivity contribution in [2.45, 2.75) is 26.8 Å². The number of ether oxygens (including phenoxy) is 1. The van der Waals surface area contributed by atoms with Gasteiger partial charge < -0.3 is 10.1 Å². The Hall–Kier alpha value is -1.96. The molecule has 2 heteroatoms. The van der Waals surface area contributed by atoms with Gasteiger partial charge in [0.05, 0.1) is 7.11 Å². The molecule has 2 aromatic rings. The van der Waals surface area contributed by atoms with Crippen LogP contribution in [0.25, 0.3) is 0 Å². The number of rotatable bonds is 4. The smallest absolute Gasteiger partial charge is 0.119 e. The van der Waals surface area contributed by atoms with Crippen molar-refractivity contribution < 1.29 is 4.74 Å². The van der Waals surface area contributed by atoms with Crippen molar-refractivity contribution in [2.24, 2.45) is 0 Å². The number of hydrogen-bond donors (Lipinski definition) is 1. The average Bonchev–Trinajstić information content (AvgIpc) is 2.42. The number of benzene rings is 2. The highest BCUT2D eigenvalue weighted by Crippen LogP contribution is 2.22. The fraction of sp³-hybridized carbons (Fsp3) is 0.294. The van der Waals surface area contributed by atoms with Crippen LogP contribution in [0.2, 0.25) is 0 Å². The van der Waals surface area contributed by atoms with Crippen LogP contribution in [-0.4, -0.2) is 7.11 Å². The Kier molecular flexibility index (Phi) is 4.10. The lowest BCUT2D eigenvalue weighted by molar-refractivity contribution is 0.415. The highest BCUT2D eigenvalue weighted by Gasteiger charge is 2.06. The number of anilines is 1. The molecule has 0 aliphatic rings. The Morgan fingerprint density at radius 1 is 0.947 bits per heavy atom. The molecule has 19 heavy (non-hydrogen) atoms. The first-order valence-corrected chi connectivity index (χ1v) is 6.58. The Balaban J connectivity index is 2.10. The minimum Gasteiger partial charge on any atom is -0.497 e. The van der Waals surface area contributed by atoms with E-state index in [0.29, 0.717) is 0 Å². The lowest BCUT2D eigenvalue weighted by Crippen LogP contribution is -2.06. The van der Waals surface area contributed by atoms with Crippen molar-refractivity contribution in [3.8, 4) is 5.75 Å². The van der Waals surface area contributed by atoms with Gasteiger partial charge in [0.15, 0.2) is 0 Å². The van der Waals surface area contributed by atoms with Crippen LogP contribution in [-0.2, 0) is 0 Å². The molecule has 1 N–H and O–H groups in total. The van der Waals surface area contributed by atoms with Crippen LogP contribution >= 0.6 is 0 Å². The number of aryl methyl sites for hydroxylation is 2. The number of hydrogen-bond acceptors (Lipinski definition) is 2. The topological polar surface area (TPSA) is 21.3 Å². The molecule has 1 unspecified atom stereocenters. The van der Waals surface area contributed by atoms with Crippen LogP contribution in [0.15, 0.2) is 42.5 Å². The molecule has 0 bridgehead atoms. The summed E-state index contributed by atoms with van der Waals surface area (Å²) >= 11 is 0. The summed E-state index contributed by atoms with van der Waals surface area (Å²) in [6, 6.07) is 14.9. The van der Waals surface area contributed by atoms with E-state index in [0.717, 1.165) is 11.4 Å². The normalized spacial score (nSPS) is 12.0. The molecule has 0 saturated carbocycles. The van der Waals surface area contributed by atoms with E-state index in [1.807, 2.05) is 24.3 Å². The molecule has 0 saturated heterocycles.